The molecule has 2 N–H and O–H groups in total. The highest BCUT2D eigenvalue weighted by molar-refractivity contribution is 5.41. The molecule has 3 rings (SSSR count). The van der Waals surface area contributed by atoms with Crippen LogP contribution in [-0.4, -0.2) is 10.1 Å². The molecule has 0 saturated heterocycles. The van der Waals surface area contributed by atoms with Crippen LogP contribution in [0.1, 0.15) is 50.2 Å². The fourth-order valence-corrected chi connectivity index (χ4v) is 2.88. The Morgan fingerprint density at radius 1 is 1.29 bits per heavy atom. The van der Waals surface area contributed by atoms with Crippen LogP contribution in [0.4, 0.5) is 5.69 Å². The van der Waals surface area contributed by atoms with E-state index >= 15 is 0 Å². The Balaban J connectivity index is 1.57. The van der Waals surface area contributed by atoms with Gasteiger partial charge in [-0.05, 0) is 49.4 Å². The lowest BCUT2D eigenvalue weighted by Crippen LogP contribution is -1.99. The van der Waals surface area contributed by atoms with E-state index in [0.717, 1.165) is 23.9 Å². The summed E-state index contributed by atoms with van der Waals surface area (Å²) in [6.45, 7) is 2.54. The maximum atomic E-state index is 5.63. The summed E-state index contributed by atoms with van der Waals surface area (Å²) < 4.78 is 10.9. The molecule has 2 atom stereocenters. The fourth-order valence-electron chi connectivity index (χ4n) is 2.88. The van der Waals surface area contributed by atoms with E-state index in [1.54, 1.807) is 12.1 Å². The van der Waals surface area contributed by atoms with Gasteiger partial charge in [-0.2, -0.15) is 4.98 Å². The molecule has 2 aromatic rings. The van der Waals surface area contributed by atoms with Gasteiger partial charge in [0.15, 0.2) is 12.4 Å². The van der Waals surface area contributed by atoms with Crippen LogP contribution in [0.15, 0.2) is 28.8 Å². The first-order chi connectivity index (χ1) is 10.2. The first kappa shape index (κ1) is 13.9. The lowest BCUT2D eigenvalue weighted by molar-refractivity contribution is 0.242. The normalized spacial score (nSPS) is 21.6. The number of nitrogens with zero attached hydrogens (tertiary/aromatic N) is 2. The van der Waals surface area contributed by atoms with Crippen LogP contribution in [-0.2, 0) is 6.61 Å². The van der Waals surface area contributed by atoms with Crippen LogP contribution >= 0.6 is 0 Å². The van der Waals surface area contributed by atoms with Gasteiger partial charge < -0.3 is 15.0 Å². The third-order valence-corrected chi connectivity index (χ3v) is 4.21. The Morgan fingerprint density at radius 2 is 2.10 bits per heavy atom. The molecule has 1 saturated carbocycles. The van der Waals surface area contributed by atoms with E-state index in [1.807, 2.05) is 12.1 Å². The number of aromatic nitrogens is 2. The lowest BCUT2D eigenvalue weighted by Gasteiger charge is -2.04. The van der Waals surface area contributed by atoms with Crippen LogP contribution in [0.25, 0.3) is 0 Å². The Morgan fingerprint density at radius 3 is 2.81 bits per heavy atom. The minimum Gasteiger partial charge on any atom is -0.484 e. The highest BCUT2D eigenvalue weighted by Crippen LogP contribution is 2.38. The van der Waals surface area contributed by atoms with Crippen molar-refractivity contribution in [3.63, 3.8) is 0 Å². The third kappa shape index (κ3) is 3.35. The van der Waals surface area contributed by atoms with Crippen molar-refractivity contribution in [3.05, 3.63) is 36.0 Å². The predicted molar refractivity (Wildman–Crippen MR) is 79.9 cm³/mol. The number of anilines is 1. The Hall–Kier alpha value is -2.04. The van der Waals surface area contributed by atoms with Gasteiger partial charge in [-0.15, -0.1) is 0 Å². The highest BCUT2D eigenvalue weighted by Gasteiger charge is 2.28. The SMILES string of the molecule is CCC1CCC(c2noc(COc3ccc(N)cc3)n2)C1. The van der Waals surface area contributed by atoms with Gasteiger partial charge in [-0.3, -0.25) is 0 Å². The summed E-state index contributed by atoms with van der Waals surface area (Å²) in [5.41, 5.74) is 6.35. The quantitative estimate of drug-likeness (QED) is 0.851. The third-order valence-electron chi connectivity index (χ3n) is 4.21. The molecule has 0 radical (unpaired) electrons. The second kappa shape index (κ2) is 6.16. The molecule has 1 aliphatic rings. The number of nitrogen functional groups attached to an aromatic ring is 1. The van der Waals surface area contributed by atoms with Crippen molar-refractivity contribution >= 4 is 5.69 Å². The first-order valence-corrected chi connectivity index (χ1v) is 7.55. The van der Waals surface area contributed by atoms with Crippen molar-refractivity contribution in [1.82, 2.24) is 10.1 Å². The van der Waals surface area contributed by atoms with Crippen LogP contribution in [0.3, 0.4) is 0 Å². The second-order valence-electron chi connectivity index (χ2n) is 5.69. The molecule has 112 valence electrons. The summed E-state index contributed by atoms with van der Waals surface area (Å²) in [6.07, 6.45) is 4.85. The summed E-state index contributed by atoms with van der Waals surface area (Å²) in [5, 5.41) is 4.11. The van der Waals surface area contributed by atoms with E-state index < -0.39 is 0 Å². The maximum Gasteiger partial charge on any atom is 0.264 e. The largest absolute Gasteiger partial charge is 0.484 e. The number of rotatable bonds is 5. The number of hydrogen-bond donors (Lipinski definition) is 1. The van der Waals surface area contributed by atoms with Gasteiger partial charge in [0.05, 0.1) is 0 Å². The number of ether oxygens (including phenoxy) is 1. The minimum absolute atomic E-state index is 0.293. The second-order valence-corrected chi connectivity index (χ2v) is 5.69. The molecule has 1 fully saturated rings. The van der Waals surface area contributed by atoms with E-state index in [4.69, 9.17) is 15.0 Å². The summed E-state index contributed by atoms with van der Waals surface area (Å²) in [6, 6.07) is 7.26. The van der Waals surface area contributed by atoms with Gasteiger partial charge in [0.25, 0.3) is 5.89 Å². The topological polar surface area (TPSA) is 74.2 Å². The van der Waals surface area contributed by atoms with Gasteiger partial charge in [0, 0.05) is 11.6 Å². The zero-order valence-electron chi connectivity index (χ0n) is 12.3. The number of hydrogen-bond acceptors (Lipinski definition) is 5. The molecule has 5 heteroatoms. The molecule has 1 heterocycles. The van der Waals surface area contributed by atoms with Crippen molar-refractivity contribution in [2.24, 2.45) is 5.92 Å². The van der Waals surface area contributed by atoms with Crippen molar-refractivity contribution in [3.8, 4) is 5.75 Å². The molecule has 2 unspecified atom stereocenters. The summed E-state index contributed by atoms with van der Waals surface area (Å²) in [5.74, 6) is 3.37. The van der Waals surface area contributed by atoms with Crippen LogP contribution in [0.5, 0.6) is 5.75 Å². The van der Waals surface area contributed by atoms with E-state index in [2.05, 4.69) is 17.1 Å². The maximum absolute atomic E-state index is 5.63. The van der Waals surface area contributed by atoms with Gasteiger partial charge in [-0.25, -0.2) is 0 Å². The average molecular weight is 287 g/mol. The van der Waals surface area contributed by atoms with Crippen LogP contribution in [0, 0.1) is 5.92 Å². The monoisotopic (exact) mass is 287 g/mol. The zero-order valence-corrected chi connectivity index (χ0v) is 12.3. The molecule has 1 aromatic carbocycles. The van der Waals surface area contributed by atoms with Gasteiger partial charge >= 0.3 is 0 Å². The first-order valence-electron chi connectivity index (χ1n) is 7.55. The Kier molecular flexibility index (Phi) is 4.08. The molecule has 0 aliphatic heterocycles. The molecule has 21 heavy (non-hydrogen) atoms. The summed E-state index contributed by atoms with van der Waals surface area (Å²) in [7, 11) is 0. The predicted octanol–water partition coefficient (Wildman–Crippen LogP) is 3.52. The molecular formula is C16H21N3O2. The van der Waals surface area contributed by atoms with Crippen molar-refractivity contribution < 1.29 is 9.26 Å². The molecule has 0 amide bonds. The van der Waals surface area contributed by atoms with Gasteiger partial charge in [0.1, 0.15) is 5.75 Å². The van der Waals surface area contributed by atoms with E-state index in [-0.39, 0.29) is 0 Å². The fraction of sp³-hybridized carbons (Fsp3) is 0.500. The molecule has 0 bridgehead atoms. The summed E-state index contributed by atoms with van der Waals surface area (Å²) >= 11 is 0. The van der Waals surface area contributed by atoms with E-state index in [9.17, 15) is 0 Å². The standard InChI is InChI=1S/C16H21N3O2/c1-2-11-3-4-12(9-11)16-18-15(21-19-16)10-20-14-7-5-13(17)6-8-14/h5-8,11-12H,2-4,9-10,17H2,1H3. The smallest absolute Gasteiger partial charge is 0.264 e. The van der Waals surface area contributed by atoms with Crippen molar-refractivity contribution in [1.29, 1.82) is 0 Å². The van der Waals surface area contributed by atoms with Crippen molar-refractivity contribution in [2.75, 3.05) is 5.73 Å². The van der Waals surface area contributed by atoms with Crippen LogP contribution in [0.2, 0.25) is 0 Å². The van der Waals surface area contributed by atoms with E-state index in [0.29, 0.717) is 24.1 Å². The number of nitrogens with two attached hydrogens (primary N) is 1. The molecule has 1 aromatic heterocycles. The Labute approximate surface area is 124 Å². The minimum atomic E-state index is 0.293. The molecule has 5 nitrogen and oxygen atoms in total. The van der Waals surface area contributed by atoms with Gasteiger partial charge in [-0.1, -0.05) is 18.5 Å². The molecule has 0 spiro atoms. The van der Waals surface area contributed by atoms with E-state index in [1.165, 1.54) is 19.3 Å². The average Bonchev–Trinajstić information content (AvgIpc) is 3.15. The van der Waals surface area contributed by atoms with Crippen molar-refractivity contribution in [2.45, 2.75) is 45.1 Å². The summed E-state index contributed by atoms with van der Waals surface area (Å²) in [4.78, 5) is 4.47. The Bertz CT molecular complexity index is 579. The van der Waals surface area contributed by atoms with Crippen LogP contribution < -0.4 is 10.5 Å². The molecular weight excluding hydrogens is 266 g/mol. The molecule has 1 aliphatic carbocycles. The highest BCUT2D eigenvalue weighted by atomic mass is 16.5. The number of benzene rings is 1. The lowest BCUT2D eigenvalue weighted by atomic mass is 10.0. The van der Waals surface area contributed by atoms with Gasteiger partial charge in [0.2, 0.25) is 0 Å². The zero-order chi connectivity index (χ0) is 14.7.